The Labute approximate surface area is 102 Å². The molecule has 0 bridgehead atoms. The number of imidazole rings is 1. The van der Waals surface area contributed by atoms with Gasteiger partial charge in [0.2, 0.25) is 5.91 Å². The highest BCUT2D eigenvalue weighted by molar-refractivity contribution is 5.84. The fourth-order valence-corrected chi connectivity index (χ4v) is 1.73. The Balaban J connectivity index is 2.73. The predicted molar refractivity (Wildman–Crippen MR) is 67.6 cm³/mol. The van der Waals surface area contributed by atoms with E-state index in [1.54, 1.807) is 13.2 Å². The van der Waals surface area contributed by atoms with Crippen LogP contribution in [-0.2, 0) is 11.3 Å². The van der Waals surface area contributed by atoms with Crippen molar-refractivity contribution in [1.29, 1.82) is 0 Å². The number of primary amides is 1. The topological polar surface area (TPSA) is 72.9 Å². The normalized spacial score (nSPS) is 14.9. The Morgan fingerprint density at radius 2 is 2.29 bits per heavy atom. The highest BCUT2D eigenvalue weighted by Crippen LogP contribution is 2.15. The van der Waals surface area contributed by atoms with Gasteiger partial charge in [-0.2, -0.15) is 0 Å². The van der Waals surface area contributed by atoms with Gasteiger partial charge in [-0.05, 0) is 20.4 Å². The summed E-state index contributed by atoms with van der Waals surface area (Å²) in [5.74, 6) is 1.08. The Morgan fingerprint density at radius 1 is 1.65 bits per heavy atom. The maximum atomic E-state index is 11.4. The molecule has 0 spiro atoms. The van der Waals surface area contributed by atoms with Crippen molar-refractivity contribution in [1.82, 2.24) is 14.9 Å². The van der Waals surface area contributed by atoms with Crippen LogP contribution in [0.5, 0.6) is 0 Å². The summed E-state index contributed by atoms with van der Waals surface area (Å²) in [6.07, 6.45) is 4.37. The van der Waals surface area contributed by atoms with Crippen LogP contribution in [0.25, 0.3) is 0 Å². The molecule has 1 rings (SSSR count). The number of nitrogens with zero attached hydrogens (tertiary/aromatic N) is 2. The highest BCUT2D eigenvalue weighted by Gasteiger charge is 2.28. The third-order valence-corrected chi connectivity index (χ3v) is 3.21. The molecule has 5 nitrogen and oxygen atoms in total. The third-order valence-electron chi connectivity index (χ3n) is 3.21. The molecule has 0 fully saturated rings. The van der Waals surface area contributed by atoms with Gasteiger partial charge >= 0.3 is 0 Å². The number of amides is 1. The first-order chi connectivity index (χ1) is 7.90. The summed E-state index contributed by atoms with van der Waals surface area (Å²) in [5.41, 5.74) is 4.72. The van der Waals surface area contributed by atoms with Gasteiger partial charge in [-0.25, -0.2) is 4.98 Å². The lowest BCUT2D eigenvalue weighted by molar-refractivity contribution is -0.123. The van der Waals surface area contributed by atoms with E-state index in [0.717, 1.165) is 12.4 Å². The predicted octanol–water partition coefficient (Wildman–Crippen LogP) is 0.860. The first kappa shape index (κ1) is 13.7. The molecule has 0 aliphatic rings. The molecule has 96 valence electrons. The van der Waals surface area contributed by atoms with Crippen LogP contribution in [0.15, 0.2) is 12.4 Å². The van der Waals surface area contributed by atoms with Gasteiger partial charge in [-0.3, -0.25) is 4.79 Å². The second kappa shape index (κ2) is 5.31. The number of hydrogen-bond donors (Lipinski definition) is 2. The zero-order valence-corrected chi connectivity index (χ0v) is 11.0. The van der Waals surface area contributed by atoms with E-state index in [9.17, 15) is 4.79 Å². The number of aryl methyl sites for hydroxylation is 1. The molecule has 3 N–H and O–H groups in total. The third kappa shape index (κ3) is 3.06. The van der Waals surface area contributed by atoms with Gasteiger partial charge in [0.05, 0.1) is 5.54 Å². The highest BCUT2D eigenvalue weighted by atomic mass is 16.1. The number of hydrogen-bond acceptors (Lipinski definition) is 3. The van der Waals surface area contributed by atoms with Gasteiger partial charge in [0.25, 0.3) is 0 Å². The van der Waals surface area contributed by atoms with Crippen molar-refractivity contribution in [2.24, 2.45) is 5.73 Å². The van der Waals surface area contributed by atoms with Crippen LogP contribution in [0.4, 0.5) is 0 Å². The zero-order chi connectivity index (χ0) is 13.1. The molecule has 0 saturated heterocycles. The minimum absolute atomic E-state index is 0.328. The van der Waals surface area contributed by atoms with Crippen LogP contribution in [0.3, 0.4) is 0 Å². The maximum absolute atomic E-state index is 11.4. The first-order valence-electron chi connectivity index (χ1n) is 5.90. The van der Waals surface area contributed by atoms with E-state index in [1.165, 1.54) is 0 Å². The number of carbonyl (C=O) groups is 1. The molecule has 1 atom stereocenters. The molecule has 0 radical (unpaired) electrons. The second-order valence-electron chi connectivity index (χ2n) is 4.83. The van der Waals surface area contributed by atoms with E-state index < -0.39 is 5.54 Å². The lowest BCUT2D eigenvalue weighted by atomic mass is 9.97. The Kier molecular flexibility index (Phi) is 4.28. The molecule has 0 aliphatic carbocycles. The second-order valence-corrected chi connectivity index (χ2v) is 4.83. The van der Waals surface area contributed by atoms with E-state index in [-0.39, 0.29) is 5.91 Å². The minimum Gasteiger partial charge on any atom is -0.368 e. The average molecular weight is 238 g/mol. The van der Waals surface area contributed by atoms with Crippen LogP contribution in [-0.4, -0.2) is 28.0 Å². The molecular weight excluding hydrogens is 216 g/mol. The molecule has 1 amide bonds. The molecule has 1 heterocycles. The van der Waals surface area contributed by atoms with Crippen molar-refractivity contribution in [2.45, 2.75) is 45.2 Å². The Hall–Kier alpha value is -1.36. The van der Waals surface area contributed by atoms with E-state index in [0.29, 0.717) is 12.3 Å². The van der Waals surface area contributed by atoms with Gasteiger partial charge in [0.15, 0.2) is 0 Å². The molecule has 0 saturated carbocycles. The molecule has 17 heavy (non-hydrogen) atoms. The fraction of sp³-hybridized carbons (Fsp3) is 0.667. The van der Waals surface area contributed by atoms with Crippen molar-refractivity contribution in [3.05, 3.63) is 18.2 Å². The molecule has 0 aliphatic heterocycles. The van der Waals surface area contributed by atoms with E-state index in [1.807, 2.05) is 13.1 Å². The van der Waals surface area contributed by atoms with Crippen molar-refractivity contribution in [2.75, 3.05) is 7.05 Å². The summed E-state index contributed by atoms with van der Waals surface area (Å²) in [6.45, 7) is 6.75. The number of likely N-dealkylation sites (N-methyl/N-ethyl adjacent to an activating group) is 1. The summed E-state index contributed by atoms with van der Waals surface area (Å²) < 4.78 is 2.07. The fourth-order valence-electron chi connectivity index (χ4n) is 1.73. The van der Waals surface area contributed by atoms with Gasteiger partial charge in [0.1, 0.15) is 5.82 Å². The summed E-state index contributed by atoms with van der Waals surface area (Å²) in [6, 6.07) is 0. The largest absolute Gasteiger partial charge is 0.368 e. The van der Waals surface area contributed by atoms with E-state index in [4.69, 9.17) is 5.73 Å². The van der Waals surface area contributed by atoms with Crippen LogP contribution < -0.4 is 11.1 Å². The first-order valence-corrected chi connectivity index (χ1v) is 5.90. The quantitative estimate of drug-likeness (QED) is 0.772. The maximum Gasteiger partial charge on any atom is 0.237 e. The molecule has 1 aromatic heterocycles. The van der Waals surface area contributed by atoms with Gasteiger partial charge in [0, 0.05) is 24.9 Å². The van der Waals surface area contributed by atoms with Crippen LogP contribution in [0.1, 0.15) is 38.9 Å². The number of nitrogens with one attached hydrogen (secondary N) is 1. The van der Waals surface area contributed by atoms with Gasteiger partial charge in [-0.1, -0.05) is 13.8 Å². The van der Waals surface area contributed by atoms with Crippen molar-refractivity contribution < 1.29 is 4.79 Å². The Bertz CT molecular complexity index is 386. The molecule has 0 aromatic carbocycles. The smallest absolute Gasteiger partial charge is 0.237 e. The van der Waals surface area contributed by atoms with Crippen molar-refractivity contribution in [3.63, 3.8) is 0 Å². The summed E-state index contributed by atoms with van der Waals surface area (Å²) in [7, 11) is 1.75. The van der Waals surface area contributed by atoms with Crippen molar-refractivity contribution >= 4 is 5.91 Å². The lowest BCUT2D eigenvalue weighted by Crippen LogP contribution is -2.52. The summed E-state index contributed by atoms with van der Waals surface area (Å²) >= 11 is 0. The van der Waals surface area contributed by atoms with Crippen LogP contribution >= 0.6 is 0 Å². The number of carbonyl (C=O) groups excluding carboxylic acids is 1. The number of nitrogens with two attached hydrogens (primary N) is 1. The zero-order valence-electron chi connectivity index (χ0n) is 11.0. The summed E-state index contributed by atoms with van der Waals surface area (Å²) in [5, 5.41) is 2.98. The average Bonchev–Trinajstić information content (AvgIpc) is 2.73. The molecule has 1 unspecified atom stereocenters. The van der Waals surface area contributed by atoms with Crippen molar-refractivity contribution in [3.8, 4) is 0 Å². The molecule has 5 heteroatoms. The summed E-state index contributed by atoms with van der Waals surface area (Å²) in [4.78, 5) is 15.7. The van der Waals surface area contributed by atoms with E-state index >= 15 is 0 Å². The van der Waals surface area contributed by atoms with Gasteiger partial charge < -0.3 is 15.6 Å². The van der Waals surface area contributed by atoms with Crippen LogP contribution in [0.2, 0.25) is 0 Å². The standard InChI is InChI=1S/C12H22N4O/c1-9(2)10-15-6-8-16(10)7-5-12(3,14-4)11(13)17/h6,8-9,14H,5,7H2,1-4H3,(H2,13,17). The lowest BCUT2D eigenvalue weighted by Gasteiger charge is -2.26. The molecular formula is C12H22N4O. The molecule has 1 aromatic rings. The van der Waals surface area contributed by atoms with Gasteiger partial charge in [-0.15, -0.1) is 0 Å². The SMILES string of the molecule is CNC(C)(CCn1ccnc1C(C)C)C(N)=O. The monoisotopic (exact) mass is 238 g/mol. The van der Waals surface area contributed by atoms with E-state index in [2.05, 4.69) is 28.7 Å². The number of rotatable bonds is 6. The minimum atomic E-state index is -0.668. The Morgan fingerprint density at radius 3 is 2.76 bits per heavy atom. The number of aromatic nitrogens is 2. The van der Waals surface area contributed by atoms with Crippen LogP contribution in [0, 0.1) is 0 Å².